The van der Waals surface area contributed by atoms with Gasteiger partial charge in [0.15, 0.2) is 0 Å². The molecule has 0 aromatic carbocycles. The van der Waals surface area contributed by atoms with Crippen LogP contribution in [0.5, 0.6) is 0 Å². The van der Waals surface area contributed by atoms with Crippen LogP contribution in [-0.4, -0.2) is 43.8 Å². The first kappa shape index (κ1) is 15.3. The fourth-order valence-corrected chi connectivity index (χ4v) is 3.69. The number of rotatable bonds is 6. The van der Waals surface area contributed by atoms with Crippen LogP contribution in [0.2, 0.25) is 0 Å². The van der Waals surface area contributed by atoms with Crippen LogP contribution < -0.4 is 5.73 Å². The summed E-state index contributed by atoms with van der Waals surface area (Å²) >= 11 is 0. The summed E-state index contributed by atoms with van der Waals surface area (Å²) in [7, 11) is 2.23. The summed E-state index contributed by atoms with van der Waals surface area (Å²) in [5, 5.41) is 0. The highest BCUT2D eigenvalue weighted by atomic mass is 16.5. The molecule has 2 rings (SSSR count). The number of hydrogen-bond acceptors (Lipinski definition) is 3. The monoisotopic (exact) mass is 268 g/mol. The van der Waals surface area contributed by atoms with E-state index >= 15 is 0 Å². The van der Waals surface area contributed by atoms with Gasteiger partial charge in [-0.05, 0) is 38.6 Å². The molecule has 3 nitrogen and oxygen atoms in total. The normalized spacial score (nSPS) is 27.6. The third-order valence-corrected chi connectivity index (χ3v) is 4.99. The first-order chi connectivity index (χ1) is 9.29. The van der Waals surface area contributed by atoms with Gasteiger partial charge >= 0.3 is 0 Å². The van der Waals surface area contributed by atoms with E-state index < -0.39 is 0 Å². The number of nitrogens with two attached hydrogens (primary N) is 1. The van der Waals surface area contributed by atoms with E-state index in [-0.39, 0.29) is 0 Å². The van der Waals surface area contributed by atoms with Crippen molar-refractivity contribution in [3.05, 3.63) is 0 Å². The second-order valence-corrected chi connectivity index (χ2v) is 6.56. The van der Waals surface area contributed by atoms with Crippen molar-refractivity contribution in [3.8, 4) is 0 Å². The zero-order valence-electron chi connectivity index (χ0n) is 12.7. The van der Waals surface area contributed by atoms with Crippen LogP contribution in [0.3, 0.4) is 0 Å². The van der Waals surface area contributed by atoms with E-state index in [1.807, 2.05) is 0 Å². The number of hydrogen-bond donors (Lipinski definition) is 1. The molecule has 19 heavy (non-hydrogen) atoms. The quantitative estimate of drug-likeness (QED) is 0.805. The molecule has 1 aliphatic heterocycles. The zero-order valence-corrected chi connectivity index (χ0v) is 12.7. The highest BCUT2D eigenvalue weighted by Crippen LogP contribution is 2.28. The van der Waals surface area contributed by atoms with Gasteiger partial charge in [-0.2, -0.15) is 0 Å². The second-order valence-electron chi connectivity index (χ2n) is 6.56. The van der Waals surface area contributed by atoms with Crippen LogP contribution in [-0.2, 0) is 4.74 Å². The van der Waals surface area contributed by atoms with Gasteiger partial charge < -0.3 is 10.5 Å². The summed E-state index contributed by atoms with van der Waals surface area (Å²) in [4.78, 5) is 2.46. The van der Waals surface area contributed by atoms with Gasteiger partial charge in [-0.25, -0.2) is 0 Å². The maximum Gasteiger partial charge on any atom is 0.0702 e. The molecule has 1 saturated carbocycles. The Morgan fingerprint density at radius 3 is 2.47 bits per heavy atom. The lowest BCUT2D eigenvalue weighted by atomic mass is 9.84. The van der Waals surface area contributed by atoms with Gasteiger partial charge in [0, 0.05) is 25.7 Å². The van der Waals surface area contributed by atoms with Crippen LogP contribution in [0.1, 0.15) is 57.8 Å². The van der Waals surface area contributed by atoms with E-state index in [9.17, 15) is 0 Å². The Labute approximate surface area is 118 Å². The maximum atomic E-state index is 6.01. The molecule has 2 fully saturated rings. The van der Waals surface area contributed by atoms with Crippen molar-refractivity contribution in [2.75, 3.05) is 26.7 Å². The summed E-state index contributed by atoms with van der Waals surface area (Å²) in [5.41, 5.74) is 6.01. The van der Waals surface area contributed by atoms with Crippen molar-refractivity contribution >= 4 is 0 Å². The van der Waals surface area contributed by atoms with Gasteiger partial charge in [0.1, 0.15) is 0 Å². The molecule has 112 valence electrons. The van der Waals surface area contributed by atoms with Crippen molar-refractivity contribution in [2.45, 2.75) is 69.9 Å². The minimum absolute atomic E-state index is 0.444. The standard InChI is InChI=1S/C16H32N2O/c1-18(13-16-9-5-6-10-19-16)15(12-17)11-14-7-3-2-4-8-14/h14-16H,2-13,17H2,1H3. The van der Waals surface area contributed by atoms with Crippen molar-refractivity contribution in [2.24, 2.45) is 11.7 Å². The Hall–Kier alpha value is -0.120. The molecule has 0 aromatic heterocycles. The van der Waals surface area contributed by atoms with Crippen LogP contribution in [0, 0.1) is 5.92 Å². The average Bonchev–Trinajstić information content (AvgIpc) is 2.47. The molecule has 3 heteroatoms. The lowest BCUT2D eigenvalue weighted by Gasteiger charge is -2.35. The molecule has 2 atom stereocenters. The van der Waals surface area contributed by atoms with Gasteiger partial charge in [-0.15, -0.1) is 0 Å². The Bertz CT molecular complexity index is 235. The number of likely N-dealkylation sites (N-methyl/N-ethyl adjacent to an activating group) is 1. The SMILES string of the molecule is CN(CC1CCCCO1)C(CN)CC1CCCCC1. The van der Waals surface area contributed by atoms with Crippen molar-refractivity contribution in [3.63, 3.8) is 0 Å². The average molecular weight is 268 g/mol. The molecule has 2 N–H and O–H groups in total. The van der Waals surface area contributed by atoms with Gasteiger partial charge in [0.2, 0.25) is 0 Å². The number of nitrogens with zero attached hydrogens (tertiary/aromatic N) is 1. The molecular weight excluding hydrogens is 236 g/mol. The van der Waals surface area contributed by atoms with Gasteiger partial charge in [-0.3, -0.25) is 4.90 Å². The van der Waals surface area contributed by atoms with Gasteiger partial charge in [0.25, 0.3) is 0 Å². The summed E-state index contributed by atoms with van der Waals surface area (Å²) in [6.07, 6.45) is 12.7. The molecule has 0 aromatic rings. The van der Waals surface area contributed by atoms with Gasteiger partial charge in [-0.1, -0.05) is 32.1 Å². The van der Waals surface area contributed by atoms with Crippen LogP contribution in [0.25, 0.3) is 0 Å². The lowest BCUT2D eigenvalue weighted by Crippen LogP contribution is -2.44. The Balaban J connectivity index is 1.74. The van der Waals surface area contributed by atoms with Crippen LogP contribution in [0.4, 0.5) is 0 Å². The highest BCUT2D eigenvalue weighted by molar-refractivity contribution is 4.79. The van der Waals surface area contributed by atoms with Crippen LogP contribution >= 0.6 is 0 Å². The Kier molecular flexibility index (Phi) is 6.62. The molecule has 0 amide bonds. The van der Waals surface area contributed by atoms with E-state index in [0.717, 1.165) is 25.6 Å². The second kappa shape index (κ2) is 8.23. The summed E-state index contributed by atoms with van der Waals surface area (Å²) in [5.74, 6) is 0.914. The van der Waals surface area contributed by atoms with Crippen molar-refractivity contribution < 1.29 is 4.74 Å². The van der Waals surface area contributed by atoms with E-state index in [1.54, 1.807) is 0 Å². The smallest absolute Gasteiger partial charge is 0.0702 e. The van der Waals surface area contributed by atoms with E-state index in [4.69, 9.17) is 10.5 Å². The fraction of sp³-hybridized carbons (Fsp3) is 1.00. The highest BCUT2D eigenvalue weighted by Gasteiger charge is 2.23. The van der Waals surface area contributed by atoms with E-state index in [2.05, 4.69) is 11.9 Å². The summed E-state index contributed by atoms with van der Waals surface area (Å²) in [6, 6.07) is 0.550. The minimum atomic E-state index is 0.444. The molecule has 0 bridgehead atoms. The first-order valence-corrected chi connectivity index (χ1v) is 8.31. The van der Waals surface area contributed by atoms with Crippen molar-refractivity contribution in [1.82, 2.24) is 4.90 Å². The van der Waals surface area contributed by atoms with E-state index in [0.29, 0.717) is 12.1 Å². The van der Waals surface area contributed by atoms with Crippen LogP contribution in [0.15, 0.2) is 0 Å². The lowest BCUT2D eigenvalue weighted by molar-refractivity contribution is -0.00959. The first-order valence-electron chi connectivity index (χ1n) is 8.31. The largest absolute Gasteiger partial charge is 0.377 e. The predicted molar refractivity (Wildman–Crippen MR) is 80.3 cm³/mol. The Morgan fingerprint density at radius 2 is 1.84 bits per heavy atom. The van der Waals surface area contributed by atoms with Gasteiger partial charge in [0.05, 0.1) is 6.10 Å². The molecule has 2 unspecified atom stereocenters. The predicted octanol–water partition coefficient (Wildman–Crippen LogP) is 2.79. The van der Waals surface area contributed by atoms with E-state index in [1.165, 1.54) is 57.8 Å². The molecule has 2 aliphatic rings. The molecule has 1 saturated heterocycles. The molecule has 0 spiro atoms. The van der Waals surface area contributed by atoms with Crippen molar-refractivity contribution in [1.29, 1.82) is 0 Å². The zero-order chi connectivity index (χ0) is 13.5. The third kappa shape index (κ3) is 5.05. The topological polar surface area (TPSA) is 38.5 Å². The number of ether oxygens (including phenoxy) is 1. The fourth-order valence-electron chi connectivity index (χ4n) is 3.69. The molecular formula is C16H32N2O. The Morgan fingerprint density at radius 1 is 1.11 bits per heavy atom. The molecule has 1 heterocycles. The molecule has 0 radical (unpaired) electrons. The maximum absolute atomic E-state index is 6.01. The molecule has 1 aliphatic carbocycles. The summed E-state index contributed by atoms with van der Waals surface area (Å²) in [6.45, 7) is 2.81. The third-order valence-electron chi connectivity index (χ3n) is 4.99. The summed E-state index contributed by atoms with van der Waals surface area (Å²) < 4.78 is 5.85. The minimum Gasteiger partial charge on any atom is -0.377 e.